The van der Waals surface area contributed by atoms with E-state index in [1.165, 1.54) is 6.20 Å². The topological polar surface area (TPSA) is 83.8 Å². The van der Waals surface area contributed by atoms with Gasteiger partial charge in [-0.25, -0.2) is 0 Å². The molecule has 0 fully saturated rings. The van der Waals surface area contributed by atoms with Crippen molar-refractivity contribution < 1.29 is 4.79 Å². The number of H-pyrrole nitrogens is 1. The number of aromatic amines is 1. The second kappa shape index (κ2) is 5.27. The highest BCUT2D eigenvalue weighted by Crippen LogP contribution is 2.11. The maximum atomic E-state index is 11.8. The number of nitrogens with zero attached hydrogens (tertiary/aromatic N) is 1. The van der Waals surface area contributed by atoms with Gasteiger partial charge in [0.05, 0.1) is 17.8 Å². The van der Waals surface area contributed by atoms with Gasteiger partial charge in [-0.15, -0.1) is 0 Å². The molecule has 0 radical (unpaired) electrons. The molecule has 5 nitrogen and oxygen atoms in total. The molecule has 5 heteroatoms. The van der Waals surface area contributed by atoms with Gasteiger partial charge < -0.3 is 11.1 Å². The van der Waals surface area contributed by atoms with E-state index in [4.69, 9.17) is 5.73 Å². The van der Waals surface area contributed by atoms with Crippen LogP contribution in [-0.2, 0) is 0 Å². The standard InChI is InChI=1S/C12H14N4O/c13-6-11(9-4-2-1-3-5-9)16-12(17)10-7-14-15-8-10/h1-5,7-8,11H,6,13H2,(H,14,15)(H,16,17). The largest absolute Gasteiger partial charge is 0.344 e. The van der Waals surface area contributed by atoms with E-state index < -0.39 is 0 Å². The minimum atomic E-state index is -0.182. The number of hydrogen-bond acceptors (Lipinski definition) is 3. The molecule has 1 amide bonds. The van der Waals surface area contributed by atoms with Crippen LogP contribution in [0.5, 0.6) is 0 Å². The summed E-state index contributed by atoms with van der Waals surface area (Å²) >= 11 is 0. The van der Waals surface area contributed by atoms with Gasteiger partial charge in [-0.05, 0) is 5.56 Å². The Kier molecular flexibility index (Phi) is 3.52. The molecule has 0 bridgehead atoms. The Morgan fingerprint density at radius 2 is 2.18 bits per heavy atom. The third kappa shape index (κ3) is 2.70. The number of carbonyl (C=O) groups is 1. The lowest BCUT2D eigenvalue weighted by atomic mass is 10.1. The van der Waals surface area contributed by atoms with Crippen LogP contribution in [0, 0.1) is 0 Å². The molecule has 0 aliphatic rings. The fourth-order valence-electron chi connectivity index (χ4n) is 1.58. The summed E-state index contributed by atoms with van der Waals surface area (Å²) in [6.45, 7) is 0.355. The molecule has 1 aromatic heterocycles. The van der Waals surface area contributed by atoms with Gasteiger partial charge >= 0.3 is 0 Å². The average Bonchev–Trinajstić information content (AvgIpc) is 2.90. The number of benzene rings is 1. The minimum absolute atomic E-state index is 0.182. The first-order valence-electron chi connectivity index (χ1n) is 5.36. The highest BCUT2D eigenvalue weighted by Gasteiger charge is 2.14. The van der Waals surface area contributed by atoms with Crippen LogP contribution in [0.1, 0.15) is 22.0 Å². The summed E-state index contributed by atoms with van der Waals surface area (Å²) in [4.78, 5) is 11.8. The summed E-state index contributed by atoms with van der Waals surface area (Å²) in [5.41, 5.74) is 7.16. The molecule has 0 saturated carbocycles. The van der Waals surface area contributed by atoms with Crippen LogP contribution in [-0.4, -0.2) is 22.6 Å². The highest BCUT2D eigenvalue weighted by atomic mass is 16.1. The predicted molar refractivity (Wildman–Crippen MR) is 64.3 cm³/mol. The van der Waals surface area contributed by atoms with Crippen molar-refractivity contribution in [1.82, 2.24) is 15.5 Å². The number of nitrogens with one attached hydrogen (secondary N) is 2. The molecule has 0 aliphatic carbocycles. The fourth-order valence-corrected chi connectivity index (χ4v) is 1.58. The zero-order valence-electron chi connectivity index (χ0n) is 9.26. The number of hydrogen-bond donors (Lipinski definition) is 3. The van der Waals surface area contributed by atoms with Gasteiger partial charge in [0.1, 0.15) is 0 Å². The monoisotopic (exact) mass is 230 g/mol. The molecule has 2 aromatic rings. The van der Waals surface area contributed by atoms with E-state index in [0.29, 0.717) is 12.1 Å². The van der Waals surface area contributed by atoms with E-state index in [9.17, 15) is 4.79 Å². The molecular weight excluding hydrogens is 216 g/mol. The van der Waals surface area contributed by atoms with E-state index in [2.05, 4.69) is 15.5 Å². The van der Waals surface area contributed by atoms with Crippen LogP contribution in [0.25, 0.3) is 0 Å². The zero-order valence-corrected chi connectivity index (χ0v) is 9.26. The van der Waals surface area contributed by atoms with Gasteiger partial charge in [0, 0.05) is 12.7 Å². The van der Waals surface area contributed by atoms with E-state index in [-0.39, 0.29) is 11.9 Å². The lowest BCUT2D eigenvalue weighted by Gasteiger charge is -2.16. The van der Waals surface area contributed by atoms with Gasteiger partial charge in [0.15, 0.2) is 0 Å². The Balaban J connectivity index is 2.09. The number of nitrogens with two attached hydrogens (primary N) is 1. The zero-order chi connectivity index (χ0) is 12.1. The summed E-state index contributed by atoms with van der Waals surface area (Å²) in [6.07, 6.45) is 3.03. The SMILES string of the molecule is NCC(NC(=O)c1cn[nH]c1)c1ccccc1. The van der Waals surface area contributed by atoms with Crippen LogP contribution >= 0.6 is 0 Å². The Bertz CT molecular complexity index is 467. The number of carbonyl (C=O) groups excluding carboxylic acids is 1. The second-order valence-electron chi connectivity index (χ2n) is 3.66. The molecule has 0 saturated heterocycles. The van der Waals surface area contributed by atoms with Crippen LogP contribution in [0.15, 0.2) is 42.7 Å². The average molecular weight is 230 g/mol. The molecule has 0 aliphatic heterocycles. The first-order chi connectivity index (χ1) is 8.31. The molecule has 1 heterocycles. The third-order valence-electron chi connectivity index (χ3n) is 2.50. The fraction of sp³-hybridized carbons (Fsp3) is 0.167. The molecule has 2 rings (SSSR count). The first-order valence-corrected chi connectivity index (χ1v) is 5.36. The molecule has 88 valence electrons. The lowest BCUT2D eigenvalue weighted by molar-refractivity contribution is 0.0938. The molecule has 1 aromatic carbocycles. The molecule has 1 unspecified atom stereocenters. The highest BCUT2D eigenvalue weighted by molar-refractivity contribution is 5.93. The van der Waals surface area contributed by atoms with Crippen molar-refractivity contribution in [2.24, 2.45) is 5.73 Å². The summed E-state index contributed by atoms with van der Waals surface area (Å²) in [5, 5.41) is 9.19. The van der Waals surface area contributed by atoms with Gasteiger partial charge in [-0.1, -0.05) is 30.3 Å². The molecular formula is C12H14N4O. The summed E-state index contributed by atoms with van der Waals surface area (Å²) in [5.74, 6) is -0.182. The normalized spacial score (nSPS) is 12.1. The third-order valence-corrected chi connectivity index (χ3v) is 2.50. The van der Waals surface area contributed by atoms with Crippen molar-refractivity contribution in [3.63, 3.8) is 0 Å². The smallest absolute Gasteiger partial charge is 0.254 e. The summed E-state index contributed by atoms with van der Waals surface area (Å²) in [7, 11) is 0. The molecule has 0 spiro atoms. The Morgan fingerprint density at radius 3 is 2.76 bits per heavy atom. The van der Waals surface area contributed by atoms with Crippen molar-refractivity contribution in [2.45, 2.75) is 6.04 Å². The minimum Gasteiger partial charge on any atom is -0.344 e. The molecule has 4 N–H and O–H groups in total. The predicted octanol–water partition coefficient (Wildman–Crippen LogP) is 0.839. The summed E-state index contributed by atoms with van der Waals surface area (Å²) < 4.78 is 0. The van der Waals surface area contributed by atoms with E-state index in [1.807, 2.05) is 30.3 Å². The van der Waals surface area contributed by atoms with Crippen molar-refractivity contribution >= 4 is 5.91 Å². The number of aromatic nitrogens is 2. The van der Waals surface area contributed by atoms with E-state index in [0.717, 1.165) is 5.56 Å². The Morgan fingerprint density at radius 1 is 1.41 bits per heavy atom. The van der Waals surface area contributed by atoms with Gasteiger partial charge in [-0.2, -0.15) is 5.10 Å². The Hall–Kier alpha value is -2.14. The van der Waals surface area contributed by atoms with Crippen molar-refractivity contribution in [3.8, 4) is 0 Å². The maximum Gasteiger partial charge on any atom is 0.254 e. The molecule has 17 heavy (non-hydrogen) atoms. The van der Waals surface area contributed by atoms with Crippen molar-refractivity contribution in [2.75, 3.05) is 6.54 Å². The number of rotatable bonds is 4. The lowest BCUT2D eigenvalue weighted by Crippen LogP contribution is -2.33. The van der Waals surface area contributed by atoms with Crippen molar-refractivity contribution in [3.05, 3.63) is 53.9 Å². The van der Waals surface area contributed by atoms with E-state index in [1.54, 1.807) is 6.20 Å². The second-order valence-corrected chi connectivity index (χ2v) is 3.66. The van der Waals surface area contributed by atoms with Crippen LogP contribution in [0.2, 0.25) is 0 Å². The Labute approximate surface area is 99.0 Å². The summed E-state index contributed by atoms with van der Waals surface area (Å²) in [6, 6.07) is 9.46. The van der Waals surface area contributed by atoms with Crippen LogP contribution < -0.4 is 11.1 Å². The van der Waals surface area contributed by atoms with Gasteiger partial charge in [0.25, 0.3) is 5.91 Å². The van der Waals surface area contributed by atoms with Crippen molar-refractivity contribution in [1.29, 1.82) is 0 Å². The first kappa shape index (κ1) is 11.3. The maximum absolute atomic E-state index is 11.8. The van der Waals surface area contributed by atoms with Crippen LogP contribution in [0.4, 0.5) is 0 Å². The van der Waals surface area contributed by atoms with E-state index >= 15 is 0 Å². The van der Waals surface area contributed by atoms with Gasteiger partial charge in [-0.3, -0.25) is 9.89 Å². The quantitative estimate of drug-likeness (QED) is 0.727. The van der Waals surface area contributed by atoms with Crippen LogP contribution in [0.3, 0.4) is 0 Å². The van der Waals surface area contributed by atoms with Gasteiger partial charge in [0.2, 0.25) is 0 Å². The molecule has 1 atom stereocenters. The number of amides is 1.